The molecule has 1 aliphatic carbocycles. The number of thioether (sulfide) groups is 1. The van der Waals surface area contributed by atoms with E-state index in [0.29, 0.717) is 17.0 Å². The van der Waals surface area contributed by atoms with Crippen molar-refractivity contribution in [1.82, 2.24) is 25.1 Å². The molecule has 1 N–H and O–H groups in total. The van der Waals surface area contributed by atoms with E-state index >= 15 is 0 Å². The van der Waals surface area contributed by atoms with Crippen molar-refractivity contribution in [3.05, 3.63) is 59.7 Å². The maximum absolute atomic E-state index is 11.6. The number of hydrogen-bond acceptors (Lipinski definition) is 7. The Kier molecular flexibility index (Phi) is 5.63. The number of aryl methyl sites for hydroxylation is 1. The van der Waals surface area contributed by atoms with Crippen LogP contribution in [0.4, 0.5) is 4.79 Å². The third-order valence-electron chi connectivity index (χ3n) is 4.68. The molecule has 2 heterocycles. The van der Waals surface area contributed by atoms with Crippen molar-refractivity contribution >= 4 is 17.9 Å². The Balaban J connectivity index is 1.58. The summed E-state index contributed by atoms with van der Waals surface area (Å²) in [4.78, 5) is 15.7. The fourth-order valence-corrected chi connectivity index (χ4v) is 3.85. The molecule has 1 aromatic carbocycles. The third kappa shape index (κ3) is 7.01. The smallest absolute Gasteiger partial charge is 0.408 e. The molecule has 1 aliphatic rings. The van der Waals surface area contributed by atoms with Gasteiger partial charge in [-0.2, -0.15) is 0 Å². The first-order valence-electron chi connectivity index (χ1n) is 15.6. The van der Waals surface area contributed by atoms with Gasteiger partial charge in [0.15, 0.2) is 17.6 Å². The molecule has 3 aromatic rings. The number of rotatable bonds is 8. The lowest BCUT2D eigenvalue weighted by molar-refractivity contribution is 0.157. The molecule has 0 bridgehead atoms. The van der Waals surface area contributed by atoms with Gasteiger partial charge in [-0.3, -0.25) is 9.55 Å². The average Bonchev–Trinajstić information content (AvgIpc) is 3.37. The van der Waals surface area contributed by atoms with Crippen molar-refractivity contribution in [2.45, 2.75) is 69.3 Å². The van der Waals surface area contributed by atoms with Gasteiger partial charge < -0.3 is 14.8 Å². The Morgan fingerprint density at radius 2 is 2.17 bits per heavy atom. The van der Waals surface area contributed by atoms with E-state index in [4.69, 9.17) is 21.8 Å². The number of carbonyl (C=O) groups is 1. The number of pyridine rings is 1. The predicted molar refractivity (Wildman–Crippen MR) is 139 cm³/mol. The molecule has 4 rings (SSSR count). The second-order valence-electron chi connectivity index (χ2n) is 7.82. The maximum Gasteiger partial charge on any atom is 0.408 e. The molecule has 8 nitrogen and oxygen atoms in total. The summed E-state index contributed by atoms with van der Waals surface area (Å²) in [6.45, 7) is 5.20. The van der Waals surface area contributed by atoms with Crippen LogP contribution in [0.1, 0.15) is 68.6 Å². The van der Waals surface area contributed by atoms with Crippen LogP contribution in [0.5, 0.6) is 5.75 Å². The fraction of sp³-hybridized carbons (Fsp3) is 0.407. The molecule has 1 fully saturated rings. The number of benzene rings is 1. The van der Waals surface area contributed by atoms with E-state index in [1.165, 1.54) is 17.0 Å². The molecule has 0 atom stereocenters. The number of ether oxygens (including phenoxy) is 2. The molecular weight excluding hydrogens is 474 g/mol. The number of hydrogen-bond donors (Lipinski definition) is 1. The number of nitrogens with one attached hydrogen (secondary N) is 1. The Bertz CT molecular complexity index is 1600. The second-order valence-corrected chi connectivity index (χ2v) is 8.80. The minimum atomic E-state index is -3.34. The van der Waals surface area contributed by atoms with Gasteiger partial charge in [0.05, 0.1) is 11.9 Å². The molecule has 0 aliphatic heterocycles. The topological polar surface area (TPSA) is 91.2 Å². The molecule has 188 valence electrons. The van der Waals surface area contributed by atoms with Crippen LogP contribution in [0.2, 0.25) is 0 Å². The first-order chi connectivity index (χ1) is 20.9. The van der Waals surface area contributed by atoms with E-state index in [9.17, 15) is 4.79 Å². The van der Waals surface area contributed by atoms with Crippen molar-refractivity contribution in [1.29, 1.82) is 0 Å². The van der Waals surface area contributed by atoms with Crippen LogP contribution in [0.25, 0.3) is 5.69 Å². The predicted octanol–water partition coefficient (Wildman–Crippen LogP) is 5.07. The van der Waals surface area contributed by atoms with Crippen LogP contribution in [0.15, 0.2) is 47.9 Å². The molecule has 0 radical (unpaired) electrons. The quantitative estimate of drug-likeness (QED) is 0.420. The number of alkyl carbamates (subject to hydrolysis) is 1. The number of aromatic nitrogens is 4. The normalized spacial score (nSPS) is 23.5. The highest BCUT2D eigenvalue weighted by Crippen LogP contribution is 2.35. The largest absolute Gasteiger partial charge is 0.486 e. The zero-order valence-corrected chi connectivity index (χ0v) is 20.8. The highest BCUT2D eigenvalue weighted by molar-refractivity contribution is 7.99. The van der Waals surface area contributed by atoms with Crippen molar-refractivity contribution in [3.63, 3.8) is 0 Å². The van der Waals surface area contributed by atoms with Gasteiger partial charge in [0.2, 0.25) is 0 Å². The van der Waals surface area contributed by atoms with E-state index in [-0.39, 0.29) is 42.0 Å². The van der Waals surface area contributed by atoms with Gasteiger partial charge in [-0.05, 0) is 69.4 Å². The Morgan fingerprint density at radius 1 is 1.33 bits per heavy atom. The highest BCUT2D eigenvalue weighted by atomic mass is 32.2. The van der Waals surface area contributed by atoms with Crippen molar-refractivity contribution in [3.8, 4) is 23.3 Å². The molecule has 36 heavy (non-hydrogen) atoms. The van der Waals surface area contributed by atoms with Gasteiger partial charge in [-0.1, -0.05) is 36.3 Å². The van der Waals surface area contributed by atoms with Crippen LogP contribution < -0.4 is 10.1 Å². The van der Waals surface area contributed by atoms with Gasteiger partial charge in [-0.25, -0.2) is 4.79 Å². The maximum atomic E-state index is 11.6. The summed E-state index contributed by atoms with van der Waals surface area (Å²) in [6, 6.07) is 8.33. The SMILES string of the molecule is [2H]C1([2H])C([2H])([2H])C([2H])([2H])C([2H])(Sc2nnc(COc3ccc(C#CCOC(=O)NC(C)C)c(C)c3)n2-c2cccnc2)C1([2H])[2H]. The molecule has 0 unspecified atom stereocenters. The van der Waals surface area contributed by atoms with E-state index in [0.717, 1.165) is 5.56 Å². The molecule has 0 saturated heterocycles. The standard InChI is InChI=1S/C27H31N5O3S/c1-19(2)29-27(33)34-15-7-8-21-12-13-23(16-20(21)3)35-18-25-30-31-26(36-24-10-4-5-11-24)32(25)22-9-6-14-28-17-22/h6,9,12-14,16-17,19,24H,4-5,10-11,15,18H2,1-3H3,(H,29,33)/i4D2,5D2,10D2,11D2,24D. The van der Waals surface area contributed by atoms with Crippen molar-refractivity contribution in [2.75, 3.05) is 6.61 Å². The summed E-state index contributed by atoms with van der Waals surface area (Å²) in [5.74, 6) is 6.35. The monoisotopic (exact) mass is 514 g/mol. The first-order valence-corrected chi connectivity index (χ1v) is 11.9. The van der Waals surface area contributed by atoms with Gasteiger partial charge in [-0.15, -0.1) is 10.2 Å². The molecule has 1 saturated carbocycles. The number of amides is 1. The molecule has 0 spiro atoms. The lowest BCUT2D eigenvalue weighted by Gasteiger charge is -2.13. The van der Waals surface area contributed by atoms with Gasteiger partial charge in [0, 0.05) is 35.4 Å². The van der Waals surface area contributed by atoms with Crippen LogP contribution in [0, 0.1) is 18.8 Å². The second kappa shape index (κ2) is 12.5. The Morgan fingerprint density at radius 3 is 2.89 bits per heavy atom. The summed E-state index contributed by atoms with van der Waals surface area (Å²) < 4.78 is 87.2. The molecule has 1 amide bonds. The summed E-state index contributed by atoms with van der Waals surface area (Å²) in [6.07, 6.45) is -10.8. The lowest BCUT2D eigenvalue weighted by atomic mass is 10.1. The number of nitrogens with zero attached hydrogens (tertiary/aromatic N) is 4. The fourth-order valence-electron chi connectivity index (χ4n) is 3.08. The lowest BCUT2D eigenvalue weighted by Crippen LogP contribution is -2.30. The molecule has 9 heteroatoms. The van der Waals surface area contributed by atoms with E-state index in [1.807, 2.05) is 20.8 Å². The molecular formula is C27H31N5O3S. The third-order valence-corrected chi connectivity index (χ3v) is 5.54. The highest BCUT2D eigenvalue weighted by Gasteiger charge is 2.22. The first kappa shape index (κ1) is 16.3. The van der Waals surface area contributed by atoms with Crippen molar-refractivity contribution < 1.29 is 26.6 Å². The van der Waals surface area contributed by atoms with E-state index in [2.05, 4.69) is 32.3 Å². The van der Waals surface area contributed by atoms with Crippen LogP contribution in [-0.2, 0) is 11.3 Å². The summed E-state index contributed by atoms with van der Waals surface area (Å²) in [7, 11) is 0. The van der Waals surface area contributed by atoms with E-state index in [1.54, 1.807) is 30.3 Å². The average molecular weight is 515 g/mol. The summed E-state index contributed by atoms with van der Waals surface area (Å²) in [5, 5.41) is 7.60. The zero-order chi connectivity index (χ0) is 33.4. The van der Waals surface area contributed by atoms with Crippen LogP contribution in [-0.4, -0.2) is 43.7 Å². The Hall–Kier alpha value is -3.51. The Labute approximate surface area is 228 Å². The summed E-state index contributed by atoms with van der Waals surface area (Å²) in [5.41, 5.74) is 1.85. The van der Waals surface area contributed by atoms with Gasteiger partial charge in [0.1, 0.15) is 12.4 Å². The van der Waals surface area contributed by atoms with Gasteiger partial charge >= 0.3 is 6.09 Å². The van der Waals surface area contributed by atoms with E-state index < -0.39 is 36.8 Å². The zero-order valence-electron chi connectivity index (χ0n) is 29.0. The van der Waals surface area contributed by atoms with Gasteiger partial charge in [0.25, 0.3) is 0 Å². The molecule has 2 aromatic heterocycles. The minimum absolute atomic E-state index is 0.0530. The van der Waals surface area contributed by atoms with Crippen LogP contribution in [0.3, 0.4) is 0 Å². The summed E-state index contributed by atoms with van der Waals surface area (Å²) >= 11 is 0.246. The minimum Gasteiger partial charge on any atom is -0.486 e. The van der Waals surface area contributed by atoms with Crippen molar-refractivity contribution in [2.24, 2.45) is 0 Å². The van der Waals surface area contributed by atoms with Crippen LogP contribution >= 0.6 is 11.8 Å². The number of carbonyl (C=O) groups excluding carboxylic acids is 1.